The number of carbonyl (C=O) groups is 1. The van der Waals surface area contributed by atoms with Gasteiger partial charge in [-0.1, -0.05) is 36.4 Å². The molecule has 0 saturated carbocycles. The lowest BCUT2D eigenvalue weighted by molar-refractivity contribution is -0.125. The van der Waals surface area contributed by atoms with Gasteiger partial charge >= 0.3 is 0 Å². The molecule has 0 aliphatic carbocycles. The van der Waals surface area contributed by atoms with Gasteiger partial charge in [0.25, 0.3) is 0 Å². The SMILES string of the molecule is CN(Cc1ccc2ccccc2c1)C(=O)C=Cc1ccc(N)nc1. The second-order valence-electron chi connectivity index (χ2n) is 5.73. The summed E-state index contributed by atoms with van der Waals surface area (Å²) < 4.78 is 0. The van der Waals surface area contributed by atoms with Crippen LogP contribution < -0.4 is 5.73 Å². The van der Waals surface area contributed by atoms with Crippen LogP contribution in [0.15, 0.2) is 66.9 Å². The topological polar surface area (TPSA) is 59.2 Å². The van der Waals surface area contributed by atoms with E-state index in [9.17, 15) is 4.79 Å². The molecule has 0 aliphatic heterocycles. The van der Waals surface area contributed by atoms with Gasteiger partial charge in [0.1, 0.15) is 5.82 Å². The molecule has 0 bridgehead atoms. The van der Waals surface area contributed by atoms with E-state index in [0.29, 0.717) is 12.4 Å². The number of nitrogens with two attached hydrogens (primary N) is 1. The van der Waals surface area contributed by atoms with Crippen molar-refractivity contribution < 1.29 is 4.79 Å². The van der Waals surface area contributed by atoms with Crippen molar-refractivity contribution in [2.75, 3.05) is 12.8 Å². The number of hydrogen-bond acceptors (Lipinski definition) is 3. The summed E-state index contributed by atoms with van der Waals surface area (Å²) in [6, 6.07) is 18.0. The monoisotopic (exact) mass is 317 g/mol. The number of aromatic nitrogens is 1. The lowest BCUT2D eigenvalue weighted by atomic mass is 10.1. The van der Waals surface area contributed by atoms with E-state index in [1.54, 1.807) is 36.4 Å². The maximum absolute atomic E-state index is 12.2. The molecule has 4 heteroatoms. The number of carbonyl (C=O) groups excluding carboxylic acids is 1. The predicted molar refractivity (Wildman–Crippen MR) is 98.1 cm³/mol. The molecule has 0 spiro atoms. The summed E-state index contributed by atoms with van der Waals surface area (Å²) in [5.41, 5.74) is 7.49. The average Bonchev–Trinajstić information content (AvgIpc) is 2.61. The number of anilines is 1. The van der Waals surface area contributed by atoms with Gasteiger partial charge in [0.2, 0.25) is 5.91 Å². The normalized spacial score (nSPS) is 11.0. The minimum absolute atomic E-state index is 0.0556. The molecule has 0 radical (unpaired) electrons. The van der Waals surface area contributed by atoms with Crippen molar-refractivity contribution in [3.63, 3.8) is 0 Å². The van der Waals surface area contributed by atoms with Crippen molar-refractivity contribution in [2.45, 2.75) is 6.54 Å². The molecule has 0 saturated heterocycles. The molecule has 3 aromatic rings. The second-order valence-corrected chi connectivity index (χ2v) is 5.73. The number of fused-ring (bicyclic) bond motifs is 1. The average molecular weight is 317 g/mol. The van der Waals surface area contributed by atoms with Crippen molar-refractivity contribution in [3.05, 3.63) is 78.0 Å². The summed E-state index contributed by atoms with van der Waals surface area (Å²) in [7, 11) is 1.79. The zero-order chi connectivity index (χ0) is 16.9. The number of likely N-dealkylation sites (N-methyl/N-ethyl adjacent to an activating group) is 1. The first-order valence-electron chi connectivity index (χ1n) is 7.74. The third-order valence-electron chi connectivity index (χ3n) is 3.84. The number of nitrogens with zero attached hydrogens (tertiary/aromatic N) is 2. The van der Waals surface area contributed by atoms with E-state index >= 15 is 0 Å². The van der Waals surface area contributed by atoms with Crippen LogP contribution in [0.1, 0.15) is 11.1 Å². The van der Waals surface area contributed by atoms with Crippen LogP contribution in [0.2, 0.25) is 0 Å². The van der Waals surface area contributed by atoms with E-state index in [0.717, 1.165) is 11.1 Å². The molecular weight excluding hydrogens is 298 g/mol. The molecule has 1 aromatic heterocycles. The molecule has 3 rings (SSSR count). The highest BCUT2D eigenvalue weighted by atomic mass is 16.2. The van der Waals surface area contributed by atoms with Crippen molar-refractivity contribution >= 4 is 28.6 Å². The molecular formula is C20H19N3O. The molecule has 0 atom stereocenters. The highest BCUT2D eigenvalue weighted by Gasteiger charge is 2.06. The van der Waals surface area contributed by atoms with Gasteiger partial charge in [-0.2, -0.15) is 0 Å². The van der Waals surface area contributed by atoms with Crippen LogP contribution >= 0.6 is 0 Å². The highest BCUT2D eigenvalue weighted by molar-refractivity contribution is 5.91. The van der Waals surface area contributed by atoms with Crippen LogP contribution in [0.5, 0.6) is 0 Å². The minimum Gasteiger partial charge on any atom is -0.384 e. The Labute approximate surface area is 141 Å². The number of amides is 1. The zero-order valence-electron chi connectivity index (χ0n) is 13.5. The fourth-order valence-electron chi connectivity index (χ4n) is 2.50. The maximum atomic E-state index is 12.2. The first kappa shape index (κ1) is 15.7. The smallest absolute Gasteiger partial charge is 0.246 e. The Balaban J connectivity index is 1.67. The largest absolute Gasteiger partial charge is 0.384 e. The Kier molecular flexibility index (Phi) is 4.57. The van der Waals surface area contributed by atoms with Crippen LogP contribution in [0.25, 0.3) is 16.8 Å². The van der Waals surface area contributed by atoms with Crippen LogP contribution in [-0.4, -0.2) is 22.8 Å². The number of benzene rings is 2. The Morgan fingerprint density at radius 2 is 1.92 bits per heavy atom. The van der Waals surface area contributed by atoms with Crippen LogP contribution in [0, 0.1) is 0 Å². The van der Waals surface area contributed by atoms with E-state index in [4.69, 9.17) is 5.73 Å². The van der Waals surface area contributed by atoms with Gasteiger partial charge in [-0.3, -0.25) is 4.79 Å². The van der Waals surface area contributed by atoms with Crippen molar-refractivity contribution in [1.82, 2.24) is 9.88 Å². The number of pyridine rings is 1. The van der Waals surface area contributed by atoms with Gasteiger partial charge < -0.3 is 10.6 Å². The summed E-state index contributed by atoms with van der Waals surface area (Å²) in [4.78, 5) is 17.9. The molecule has 2 N–H and O–H groups in total. The molecule has 24 heavy (non-hydrogen) atoms. The van der Waals surface area contributed by atoms with Crippen molar-refractivity contribution in [2.24, 2.45) is 0 Å². The maximum Gasteiger partial charge on any atom is 0.246 e. The van der Waals surface area contributed by atoms with Crippen LogP contribution in [0.3, 0.4) is 0 Å². The Bertz CT molecular complexity index is 885. The van der Waals surface area contributed by atoms with Crippen LogP contribution in [0.4, 0.5) is 5.82 Å². The molecule has 4 nitrogen and oxygen atoms in total. The third kappa shape index (κ3) is 3.79. The van der Waals surface area contributed by atoms with Crippen molar-refractivity contribution in [3.8, 4) is 0 Å². The molecule has 120 valence electrons. The number of nitrogen functional groups attached to an aromatic ring is 1. The Hall–Kier alpha value is -3.14. The molecule has 0 fully saturated rings. The van der Waals surface area contributed by atoms with E-state index in [1.165, 1.54) is 10.8 Å². The first-order valence-corrected chi connectivity index (χ1v) is 7.74. The van der Waals surface area contributed by atoms with Gasteiger partial charge in [0.05, 0.1) is 0 Å². The summed E-state index contributed by atoms with van der Waals surface area (Å²) in [5, 5.41) is 2.38. The summed E-state index contributed by atoms with van der Waals surface area (Å²) in [6.07, 6.45) is 4.93. The molecule has 1 heterocycles. The molecule has 0 unspecified atom stereocenters. The molecule has 1 amide bonds. The predicted octanol–water partition coefficient (Wildman–Crippen LogP) is 3.49. The molecule has 2 aromatic carbocycles. The Morgan fingerprint density at radius 1 is 1.12 bits per heavy atom. The van der Waals surface area contributed by atoms with Gasteiger partial charge in [0.15, 0.2) is 0 Å². The van der Waals surface area contributed by atoms with Gasteiger partial charge in [0, 0.05) is 25.9 Å². The number of rotatable bonds is 4. The lowest BCUT2D eigenvalue weighted by Crippen LogP contribution is -2.24. The second kappa shape index (κ2) is 6.96. The highest BCUT2D eigenvalue weighted by Crippen LogP contribution is 2.16. The fraction of sp³-hybridized carbons (Fsp3) is 0.100. The lowest BCUT2D eigenvalue weighted by Gasteiger charge is -2.15. The standard InChI is InChI=1S/C20H19N3O/c1-23(20(24)11-8-15-7-10-19(21)22-13-15)14-16-6-9-17-4-2-3-5-18(17)12-16/h2-13H,14H2,1H3,(H2,21,22). The van der Waals surface area contributed by atoms with E-state index in [2.05, 4.69) is 35.3 Å². The summed E-state index contributed by atoms with van der Waals surface area (Å²) in [6.45, 7) is 0.563. The van der Waals surface area contributed by atoms with E-state index in [1.807, 2.05) is 18.2 Å². The van der Waals surface area contributed by atoms with Crippen molar-refractivity contribution in [1.29, 1.82) is 0 Å². The third-order valence-corrected chi connectivity index (χ3v) is 3.84. The summed E-state index contributed by atoms with van der Waals surface area (Å²) >= 11 is 0. The number of hydrogen-bond donors (Lipinski definition) is 1. The first-order chi connectivity index (χ1) is 11.6. The summed E-state index contributed by atoms with van der Waals surface area (Å²) in [5.74, 6) is 0.409. The van der Waals surface area contributed by atoms with E-state index in [-0.39, 0.29) is 5.91 Å². The fourth-order valence-corrected chi connectivity index (χ4v) is 2.50. The van der Waals surface area contributed by atoms with Gasteiger partial charge in [-0.15, -0.1) is 0 Å². The zero-order valence-corrected chi connectivity index (χ0v) is 13.5. The van der Waals surface area contributed by atoms with Gasteiger partial charge in [-0.05, 0) is 46.2 Å². The van der Waals surface area contributed by atoms with Crippen LogP contribution in [-0.2, 0) is 11.3 Å². The van der Waals surface area contributed by atoms with Gasteiger partial charge in [-0.25, -0.2) is 4.98 Å². The van der Waals surface area contributed by atoms with E-state index < -0.39 is 0 Å². The Morgan fingerprint density at radius 3 is 2.67 bits per heavy atom. The minimum atomic E-state index is -0.0556. The quantitative estimate of drug-likeness (QED) is 0.749. The molecule has 0 aliphatic rings.